The van der Waals surface area contributed by atoms with Gasteiger partial charge in [-0.2, -0.15) is 0 Å². The fourth-order valence-electron chi connectivity index (χ4n) is 1.81. The van der Waals surface area contributed by atoms with Gasteiger partial charge in [-0.3, -0.25) is 0 Å². The predicted octanol–water partition coefficient (Wildman–Crippen LogP) is 4.18. The second-order valence-electron chi connectivity index (χ2n) is 3.71. The number of nitrogens with one attached hydrogen (secondary N) is 1. The van der Waals surface area contributed by atoms with E-state index in [-0.39, 0.29) is 5.82 Å². The van der Waals surface area contributed by atoms with Gasteiger partial charge < -0.3 is 4.98 Å². The molecule has 0 spiro atoms. The van der Waals surface area contributed by atoms with Gasteiger partial charge in [-0.25, -0.2) is 14.4 Å². The van der Waals surface area contributed by atoms with Crippen LogP contribution in [0.5, 0.6) is 0 Å². The van der Waals surface area contributed by atoms with E-state index < -0.39 is 0 Å². The molecule has 0 bridgehead atoms. The predicted molar refractivity (Wildman–Crippen MR) is 72.0 cm³/mol. The molecular formula is C12H6BrClFN3. The van der Waals surface area contributed by atoms with E-state index in [4.69, 9.17) is 11.6 Å². The minimum absolute atomic E-state index is 0.308. The molecule has 1 N–H and O–H groups in total. The molecule has 0 radical (unpaired) electrons. The lowest BCUT2D eigenvalue weighted by Crippen LogP contribution is -1.88. The van der Waals surface area contributed by atoms with E-state index in [1.807, 2.05) is 0 Å². The van der Waals surface area contributed by atoms with Gasteiger partial charge in [0.05, 0.1) is 15.6 Å². The molecule has 0 saturated carbocycles. The summed E-state index contributed by atoms with van der Waals surface area (Å²) >= 11 is 9.38. The molecule has 18 heavy (non-hydrogen) atoms. The molecule has 0 aliphatic heterocycles. The first kappa shape index (κ1) is 11.6. The van der Waals surface area contributed by atoms with Crippen LogP contribution in [0.2, 0.25) is 5.15 Å². The number of fused-ring (bicyclic) bond motifs is 1. The molecule has 3 rings (SSSR count). The summed E-state index contributed by atoms with van der Waals surface area (Å²) in [5.41, 5.74) is 1.93. The Balaban J connectivity index is 2.35. The van der Waals surface area contributed by atoms with Crippen molar-refractivity contribution in [2.45, 2.75) is 0 Å². The summed E-state index contributed by atoms with van der Waals surface area (Å²) in [5.74, 6) is -0.308. The first-order chi connectivity index (χ1) is 8.66. The summed E-state index contributed by atoms with van der Waals surface area (Å²) in [7, 11) is 0. The third kappa shape index (κ3) is 1.79. The van der Waals surface area contributed by atoms with Crippen LogP contribution >= 0.6 is 27.5 Å². The molecule has 2 heterocycles. The summed E-state index contributed by atoms with van der Waals surface area (Å²) in [4.78, 5) is 11.2. The number of halogens is 3. The van der Waals surface area contributed by atoms with Crippen molar-refractivity contribution in [3.8, 4) is 11.3 Å². The normalized spacial score (nSPS) is 11.1. The average molecular weight is 327 g/mol. The van der Waals surface area contributed by atoms with Gasteiger partial charge in [0.1, 0.15) is 22.9 Å². The van der Waals surface area contributed by atoms with Crippen LogP contribution in [0.4, 0.5) is 4.39 Å². The van der Waals surface area contributed by atoms with Gasteiger partial charge in [0, 0.05) is 5.56 Å². The van der Waals surface area contributed by atoms with Crippen LogP contribution in [0.1, 0.15) is 0 Å². The summed E-state index contributed by atoms with van der Waals surface area (Å²) in [6, 6.07) is 6.25. The standard InChI is InChI=1S/C12H6BrClFN3/c13-9-8-10(6-2-1-3-7(15)4-6)16-5-17-12(8)18-11(9)14/h1-5H,(H,16,17,18). The lowest BCUT2D eigenvalue weighted by atomic mass is 10.1. The minimum Gasteiger partial charge on any atom is -0.329 e. The maximum atomic E-state index is 13.3. The molecule has 0 saturated heterocycles. The van der Waals surface area contributed by atoms with Crippen LogP contribution in [-0.2, 0) is 0 Å². The molecule has 0 aliphatic rings. The molecule has 0 fully saturated rings. The Labute approximate surface area is 115 Å². The highest BCUT2D eigenvalue weighted by molar-refractivity contribution is 9.10. The number of benzene rings is 1. The lowest BCUT2D eigenvalue weighted by Gasteiger charge is -2.02. The highest BCUT2D eigenvalue weighted by Crippen LogP contribution is 2.35. The van der Waals surface area contributed by atoms with E-state index >= 15 is 0 Å². The van der Waals surface area contributed by atoms with Crippen LogP contribution in [0.25, 0.3) is 22.3 Å². The maximum Gasteiger partial charge on any atom is 0.143 e. The number of hydrogen-bond acceptors (Lipinski definition) is 2. The third-order valence-corrected chi connectivity index (χ3v) is 3.89. The van der Waals surface area contributed by atoms with Crippen molar-refractivity contribution in [2.24, 2.45) is 0 Å². The zero-order valence-corrected chi connectivity index (χ0v) is 11.3. The molecule has 0 aliphatic carbocycles. The molecule has 3 aromatic rings. The Morgan fingerprint density at radius 2 is 2.11 bits per heavy atom. The van der Waals surface area contributed by atoms with Crippen LogP contribution in [-0.4, -0.2) is 15.0 Å². The van der Waals surface area contributed by atoms with Crippen LogP contribution in [0.3, 0.4) is 0 Å². The first-order valence-corrected chi connectivity index (χ1v) is 6.27. The van der Waals surface area contributed by atoms with E-state index in [0.29, 0.717) is 26.5 Å². The first-order valence-electron chi connectivity index (χ1n) is 5.10. The number of H-pyrrole nitrogens is 1. The Bertz CT molecular complexity index is 741. The van der Waals surface area contributed by atoms with Gasteiger partial charge in [0.15, 0.2) is 0 Å². The number of rotatable bonds is 1. The summed E-state index contributed by atoms with van der Waals surface area (Å²) in [6.45, 7) is 0. The average Bonchev–Trinajstić information content (AvgIpc) is 2.65. The fraction of sp³-hybridized carbons (Fsp3) is 0. The van der Waals surface area contributed by atoms with Crippen molar-refractivity contribution in [1.82, 2.24) is 15.0 Å². The SMILES string of the molecule is Fc1cccc(-c2ncnc3[nH]c(Cl)c(Br)c23)c1. The molecule has 0 atom stereocenters. The van der Waals surface area contributed by atoms with Crippen LogP contribution in [0, 0.1) is 5.82 Å². The minimum atomic E-state index is -0.308. The van der Waals surface area contributed by atoms with Crippen molar-refractivity contribution in [2.75, 3.05) is 0 Å². The van der Waals surface area contributed by atoms with E-state index in [2.05, 4.69) is 30.9 Å². The van der Waals surface area contributed by atoms with Crippen molar-refractivity contribution in [1.29, 1.82) is 0 Å². The van der Waals surface area contributed by atoms with E-state index in [9.17, 15) is 4.39 Å². The zero-order valence-electron chi connectivity index (χ0n) is 8.92. The topological polar surface area (TPSA) is 41.6 Å². The van der Waals surface area contributed by atoms with Gasteiger partial charge in [0.2, 0.25) is 0 Å². The van der Waals surface area contributed by atoms with Gasteiger partial charge in [-0.1, -0.05) is 23.7 Å². The third-order valence-electron chi connectivity index (χ3n) is 2.59. The summed E-state index contributed by atoms with van der Waals surface area (Å²) in [5, 5.41) is 1.19. The molecule has 6 heteroatoms. The van der Waals surface area contributed by atoms with E-state index in [0.717, 1.165) is 5.39 Å². The van der Waals surface area contributed by atoms with E-state index in [1.165, 1.54) is 18.5 Å². The van der Waals surface area contributed by atoms with Crippen molar-refractivity contribution < 1.29 is 4.39 Å². The van der Waals surface area contributed by atoms with Crippen LogP contribution < -0.4 is 0 Å². The molecule has 2 aromatic heterocycles. The number of aromatic nitrogens is 3. The van der Waals surface area contributed by atoms with Gasteiger partial charge in [-0.15, -0.1) is 0 Å². The van der Waals surface area contributed by atoms with Crippen molar-refractivity contribution >= 4 is 38.6 Å². The zero-order chi connectivity index (χ0) is 12.7. The Hall–Kier alpha value is -1.46. The van der Waals surface area contributed by atoms with E-state index in [1.54, 1.807) is 12.1 Å². The molecular weight excluding hydrogens is 321 g/mol. The smallest absolute Gasteiger partial charge is 0.143 e. The van der Waals surface area contributed by atoms with Gasteiger partial charge in [0.25, 0.3) is 0 Å². The number of aromatic amines is 1. The van der Waals surface area contributed by atoms with Crippen molar-refractivity contribution in [3.63, 3.8) is 0 Å². The second-order valence-corrected chi connectivity index (χ2v) is 4.88. The highest BCUT2D eigenvalue weighted by Gasteiger charge is 2.15. The summed E-state index contributed by atoms with van der Waals surface area (Å²) in [6.07, 6.45) is 1.42. The fourth-order valence-corrected chi connectivity index (χ4v) is 2.47. The molecule has 3 nitrogen and oxygen atoms in total. The quantitative estimate of drug-likeness (QED) is 0.729. The maximum absolute atomic E-state index is 13.3. The Morgan fingerprint density at radius 1 is 1.28 bits per heavy atom. The summed E-state index contributed by atoms with van der Waals surface area (Å²) < 4.78 is 13.9. The highest BCUT2D eigenvalue weighted by atomic mass is 79.9. The monoisotopic (exact) mass is 325 g/mol. The lowest BCUT2D eigenvalue weighted by molar-refractivity contribution is 0.628. The van der Waals surface area contributed by atoms with Crippen molar-refractivity contribution in [3.05, 3.63) is 46.0 Å². The molecule has 90 valence electrons. The largest absolute Gasteiger partial charge is 0.329 e. The number of hydrogen-bond donors (Lipinski definition) is 1. The van der Waals surface area contributed by atoms with Crippen LogP contribution in [0.15, 0.2) is 35.1 Å². The number of nitrogens with zero attached hydrogens (tertiary/aromatic N) is 2. The Morgan fingerprint density at radius 3 is 2.89 bits per heavy atom. The molecule has 0 amide bonds. The Kier molecular flexibility index (Phi) is 2.80. The van der Waals surface area contributed by atoms with Gasteiger partial charge >= 0.3 is 0 Å². The second kappa shape index (κ2) is 4.33. The molecule has 1 aromatic carbocycles. The van der Waals surface area contributed by atoms with Gasteiger partial charge in [-0.05, 0) is 28.1 Å². The molecule has 0 unspecified atom stereocenters.